The number of ether oxygens (including phenoxy) is 2. The van der Waals surface area contributed by atoms with E-state index < -0.39 is 0 Å². The third kappa shape index (κ3) is 6.34. The normalized spacial score (nSPS) is 14.2. The lowest BCUT2D eigenvalue weighted by Gasteiger charge is -2.27. The maximum atomic E-state index is 13.4. The fraction of sp³-hybridized carbons (Fsp3) is 0.375. The van der Waals surface area contributed by atoms with Crippen molar-refractivity contribution in [2.75, 3.05) is 45.7 Å². The minimum atomic E-state index is -0.301. The summed E-state index contributed by atoms with van der Waals surface area (Å²) in [7, 11) is 1.61. The first-order valence-electron chi connectivity index (χ1n) is 11.1. The van der Waals surface area contributed by atoms with Crippen molar-refractivity contribution in [3.05, 3.63) is 59.9 Å². The largest absolute Gasteiger partial charge is 0.496 e. The van der Waals surface area contributed by atoms with Gasteiger partial charge in [0.2, 0.25) is 5.91 Å². The van der Waals surface area contributed by atoms with E-state index in [0.717, 1.165) is 49.7 Å². The third-order valence-corrected chi connectivity index (χ3v) is 6.53. The lowest BCUT2D eigenvalue weighted by Crippen LogP contribution is -2.38. The molecule has 8 nitrogen and oxygen atoms in total. The van der Waals surface area contributed by atoms with Gasteiger partial charge in [0.15, 0.2) is 11.0 Å². The topological polar surface area (TPSA) is 81.5 Å². The number of hydrogen-bond acceptors (Lipinski definition) is 7. The van der Waals surface area contributed by atoms with Gasteiger partial charge in [0.05, 0.1) is 26.1 Å². The zero-order valence-corrected chi connectivity index (χ0v) is 19.9. The van der Waals surface area contributed by atoms with Gasteiger partial charge in [-0.2, -0.15) is 0 Å². The number of morpholine rings is 1. The number of benzene rings is 2. The van der Waals surface area contributed by atoms with Gasteiger partial charge >= 0.3 is 0 Å². The van der Waals surface area contributed by atoms with Crippen molar-refractivity contribution in [1.29, 1.82) is 0 Å². The van der Waals surface area contributed by atoms with Gasteiger partial charge in [0.25, 0.3) is 0 Å². The molecule has 0 bridgehead atoms. The Morgan fingerprint density at radius 3 is 2.65 bits per heavy atom. The molecular formula is C24H28FN5O3S. The summed E-state index contributed by atoms with van der Waals surface area (Å²) in [6, 6.07) is 13.8. The van der Waals surface area contributed by atoms with Crippen LogP contribution >= 0.6 is 11.8 Å². The maximum Gasteiger partial charge on any atom is 0.230 e. The molecule has 1 aromatic heterocycles. The van der Waals surface area contributed by atoms with E-state index in [1.807, 2.05) is 28.8 Å². The minimum Gasteiger partial charge on any atom is -0.496 e. The first-order valence-corrected chi connectivity index (χ1v) is 12.1. The lowest BCUT2D eigenvalue weighted by atomic mass is 10.2. The summed E-state index contributed by atoms with van der Waals surface area (Å²) in [5.74, 6) is 1.19. The van der Waals surface area contributed by atoms with Gasteiger partial charge < -0.3 is 19.4 Å². The average Bonchev–Trinajstić information content (AvgIpc) is 3.28. The first-order chi connectivity index (χ1) is 16.6. The highest BCUT2D eigenvalue weighted by Gasteiger charge is 2.18. The Kier molecular flexibility index (Phi) is 8.51. The molecule has 0 aliphatic carbocycles. The van der Waals surface area contributed by atoms with Crippen LogP contribution < -0.4 is 10.1 Å². The Labute approximate surface area is 202 Å². The summed E-state index contributed by atoms with van der Waals surface area (Å²) in [5.41, 5.74) is 1.69. The fourth-order valence-corrected chi connectivity index (χ4v) is 4.49. The van der Waals surface area contributed by atoms with Gasteiger partial charge in [-0.25, -0.2) is 4.39 Å². The first kappa shape index (κ1) is 24.2. The van der Waals surface area contributed by atoms with Crippen molar-refractivity contribution >= 4 is 17.7 Å². The Morgan fingerprint density at radius 2 is 1.88 bits per heavy atom. The molecule has 34 heavy (non-hydrogen) atoms. The van der Waals surface area contributed by atoms with Crippen LogP contribution in [0.1, 0.15) is 5.56 Å². The number of nitrogens with zero attached hydrogens (tertiary/aromatic N) is 4. The standard InChI is InChI=1S/C24H28FN5O3S/c1-32-21-5-3-2-4-19(21)16-26-22(31)17-34-24-28-27-23(18-6-8-20(25)9-7-18)30(24)11-10-29-12-14-33-15-13-29/h2-9H,10-17H2,1H3,(H,26,31). The Bertz CT molecular complexity index is 1090. The van der Waals surface area contributed by atoms with E-state index in [0.29, 0.717) is 24.1 Å². The van der Waals surface area contributed by atoms with Crippen LogP contribution in [0.3, 0.4) is 0 Å². The Morgan fingerprint density at radius 1 is 1.12 bits per heavy atom. The molecule has 1 N–H and O–H groups in total. The second-order valence-electron chi connectivity index (χ2n) is 7.80. The Balaban J connectivity index is 1.42. The molecule has 180 valence electrons. The summed E-state index contributed by atoms with van der Waals surface area (Å²) < 4.78 is 26.2. The molecule has 0 spiro atoms. The molecule has 0 radical (unpaired) electrons. The highest BCUT2D eigenvalue weighted by molar-refractivity contribution is 7.99. The molecule has 4 rings (SSSR count). The number of methoxy groups -OCH3 is 1. The number of hydrogen-bond donors (Lipinski definition) is 1. The number of aromatic nitrogens is 3. The predicted octanol–water partition coefficient (Wildman–Crippen LogP) is 2.83. The number of para-hydroxylation sites is 1. The number of nitrogens with one attached hydrogen (secondary N) is 1. The molecule has 1 amide bonds. The van der Waals surface area contributed by atoms with Gasteiger partial charge in [0, 0.05) is 43.9 Å². The van der Waals surface area contributed by atoms with Crippen LogP contribution in [0.15, 0.2) is 53.7 Å². The number of carbonyl (C=O) groups is 1. The van der Waals surface area contributed by atoms with E-state index in [9.17, 15) is 9.18 Å². The molecule has 2 aromatic carbocycles. The number of carbonyl (C=O) groups excluding carboxylic acids is 1. The van der Waals surface area contributed by atoms with Crippen molar-refractivity contribution in [3.63, 3.8) is 0 Å². The molecule has 1 fully saturated rings. The number of halogens is 1. The maximum absolute atomic E-state index is 13.4. The average molecular weight is 486 g/mol. The smallest absolute Gasteiger partial charge is 0.230 e. The molecule has 0 saturated carbocycles. The number of amides is 1. The van der Waals surface area contributed by atoms with Gasteiger partial charge in [-0.05, 0) is 30.3 Å². The molecule has 1 aliphatic heterocycles. The van der Waals surface area contributed by atoms with Crippen molar-refractivity contribution in [3.8, 4) is 17.1 Å². The van der Waals surface area contributed by atoms with Crippen molar-refractivity contribution in [2.45, 2.75) is 18.2 Å². The van der Waals surface area contributed by atoms with Crippen LogP contribution in [0.4, 0.5) is 4.39 Å². The van der Waals surface area contributed by atoms with Crippen molar-refractivity contribution in [2.24, 2.45) is 0 Å². The zero-order chi connectivity index (χ0) is 23.8. The van der Waals surface area contributed by atoms with Crippen LogP contribution in [0, 0.1) is 5.82 Å². The molecular weight excluding hydrogens is 457 g/mol. The highest BCUT2D eigenvalue weighted by atomic mass is 32.2. The van der Waals surface area contributed by atoms with Gasteiger partial charge in [-0.3, -0.25) is 9.69 Å². The SMILES string of the molecule is COc1ccccc1CNC(=O)CSc1nnc(-c2ccc(F)cc2)n1CCN1CCOCC1. The minimum absolute atomic E-state index is 0.109. The summed E-state index contributed by atoms with van der Waals surface area (Å²) in [6.45, 7) is 5.05. The van der Waals surface area contributed by atoms with E-state index in [-0.39, 0.29) is 17.5 Å². The van der Waals surface area contributed by atoms with Crippen LogP contribution in [-0.2, 0) is 22.6 Å². The molecule has 3 aromatic rings. The fourth-order valence-electron chi connectivity index (χ4n) is 3.70. The molecule has 2 heterocycles. The highest BCUT2D eigenvalue weighted by Crippen LogP contribution is 2.24. The van der Waals surface area contributed by atoms with E-state index in [4.69, 9.17) is 9.47 Å². The van der Waals surface area contributed by atoms with Crippen LogP contribution in [0.25, 0.3) is 11.4 Å². The summed E-state index contributed by atoms with van der Waals surface area (Å²) in [4.78, 5) is 14.9. The molecule has 10 heteroatoms. The second-order valence-corrected chi connectivity index (χ2v) is 8.74. The van der Waals surface area contributed by atoms with Crippen LogP contribution in [0.5, 0.6) is 5.75 Å². The second kappa shape index (κ2) is 12.0. The monoisotopic (exact) mass is 485 g/mol. The van der Waals surface area contributed by atoms with Crippen LogP contribution in [0.2, 0.25) is 0 Å². The Hall–Kier alpha value is -2.95. The molecule has 1 saturated heterocycles. The summed E-state index contributed by atoms with van der Waals surface area (Å²) in [6.07, 6.45) is 0. The van der Waals surface area contributed by atoms with E-state index in [1.54, 1.807) is 19.2 Å². The quantitative estimate of drug-likeness (QED) is 0.442. The van der Waals surface area contributed by atoms with E-state index in [2.05, 4.69) is 20.4 Å². The molecule has 0 atom stereocenters. The zero-order valence-electron chi connectivity index (χ0n) is 19.1. The van der Waals surface area contributed by atoms with Crippen molar-refractivity contribution < 1.29 is 18.7 Å². The lowest BCUT2D eigenvalue weighted by molar-refractivity contribution is -0.118. The van der Waals surface area contributed by atoms with Gasteiger partial charge in [0.1, 0.15) is 11.6 Å². The third-order valence-electron chi connectivity index (χ3n) is 5.56. The van der Waals surface area contributed by atoms with E-state index >= 15 is 0 Å². The van der Waals surface area contributed by atoms with Gasteiger partial charge in [-0.15, -0.1) is 10.2 Å². The summed E-state index contributed by atoms with van der Waals surface area (Å²) in [5, 5.41) is 12.3. The van der Waals surface area contributed by atoms with Gasteiger partial charge in [-0.1, -0.05) is 30.0 Å². The summed E-state index contributed by atoms with van der Waals surface area (Å²) >= 11 is 1.33. The molecule has 0 unspecified atom stereocenters. The van der Waals surface area contributed by atoms with E-state index in [1.165, 1.54) is 23.9 Å². The van der Waals surface area contributed by atoms with Crippen LogP contribution in [-0.4, -0.2) is 71.3 Å². The van der Waals surface area contributed by atoms with Crippen molar-refractivity contribution in [1.82, 2.24) is 25.0 Å². The number of thioether (sulfide) groups is 1. The molecule has 1 aliphatic rings. The number of rotatable bonds is 10. The predicted molar refractivity (Wildman–Crippen MR) is 128 cm³/mol.